The van der Waals surface area contributed by atoms with Crippen LogP contribution in [0.2, 0.25) is 0 Å². The van der Waals surface area contributed by atoms with E-state index < -0.39 is 60.4 Å². The number of hydrogen-bond donors (Lipinski definition) is 4. The van der Waals surface area contributed by atoms with Crippen LogP contribution in [-0.4, -0.2) is 123 Å². The summed E-state index contributed by atoms with van der Waals surface area (Å²) in [5.74, 6) is -1.79. The Kier molecular flexibility index (Phi) is 16.0. The summed E-state index contributed by atoms with van der Waals surface area (Å²) >= 11 is 0. The van der Waals surface area contributed by atoms with Crippen molar-refractivity contribution in [3.63, 3.8) is 0 Å². The van der Waals surface area contributed by atoms with E-state index in [-0.39, 0.29) is 43.7 Å². The molecule has 13 nitrogen and oxygen atoms in total. The first kappa shape index (κ1) is 41.1. The lowest BCUT2D eigenvalue weighted by Gasteiger charge is -2.38. The molecule has 2 amide bonds. The van der Waals surface area contributed by atoms with Crippen molar-refractivity contribution in [1.29, 1.82) is 0 Å². The second kappa shape index (κ2) is 18.8. The van der Waals surface area contributed by atoms with Gasteiger partial charge in [0.1, 0.15) is 0 Å². The minimum absolute atomic E-state index is 0.0667. The maximum Gasteiger partial charge on any atom is 0.227 e. The molecule has 280 valence electrons. The van der Waals surface area contributed by atoms with Crippen molar-refractivity contribution in [2.24, 2.45) is 17.8 Å². The number of rotatable bonds is 17. The van der Waals surface area contributed by atoms with Crippen LogP contribution in [0.15, 0.2) is 0 Å². The van der Waals surface area contributed by atoms with Gasteiger partial charge in [0.2, 0.25) is 31.9 Å². The molecule has 3 aliphatic rings. The molecule has 0 aromatic heterocycles. The highest BCUT2D eigenvalue weighted by Crippen LogP contribution is 2.36. The summed E-state index contributed by atoms with van der Waals surface area (Å²) < 4.78 is 54.0. The van der Waals surface area contributed by atoms with Crippen LogP contribution in [0.4, 0.5) is 0 Å². The van der Waals surface area contributed by atoms with Gasteiger partial charge in [0.05, 0.1) is 28.7 Å². The molecule has 0 aliphatic heterocycles. The average molecular weight is 722 g/mol. The second-order valence-corrected chi connectivity index (χ2v) is 19.1. The standard InChI is InChI=1S/C33H63N5O8S2/c1-6-17-38(18-7-2)33(42)26-20-25(21-29(22-26)48(45,46)36(3)4)32(41)34-30(19-24-13-15-27(39)16-14-24)31(40)23-37(5)35-47(43,44)28-11-9-8-10-12-28/h24-31,35,39-40H,6-23H2,1-5H3,(H,34,41). The molecule has 0 heterocycles. The first-order valence-electron chi connectivity index (χ1n) is 18.2. The third kappa shape index (κ3) is 11.6. The van der Waals surface area contributed by atoms with Crippen molar-refractivity contribution >= 4 is 31.9 Å². The largest absolute Gasteiger partial charge is 0.393 e. The van der Waals surface area contributed by atoms with Gasteiger partial charge >= 0.3 is 0 Å². The number of nitrogens with zero attached hydrogens (tertiary/aromatic N) is 3. The number of hydrazine groups is 1. The van der Waals surface area contributed by atoms with Gasteiger partial charge in [0, 0.05) is 52.6 Å². The van der Waals surface area contributed by atoms with Gasteiger partial charge in [-0.15, -0.1) is 4.83 Å². The van der Waals surface area contributed by atoms with Crippen molar-refractivity contribution in [3.8, 4) is 0 Å². The normalized spacial score (nSPS) is 27.5. The second-order valence-electron chi connectivity index (χ2n) is 14.7. The number of nitrogens with one attached hydrogen (secondary N) is 2. The van der Waals surface area contributed by atoms with Crippen molar-refractivity contribution < 1.29 is 36.6 Å². The van der Waals surface area contributed by atoms with E-state index >= 15 is 0 Å². The summed E-state index contributed by atoms with van der Waals surface area (Å²) in [6.07, 6.45) is 7.57. The number of aliphatic hydroxyl groups excluding tert-OH is 2. The minimum Gasteiger partial charge on any atom is -0.393 e. The van der Waals surface area contributed by atoms with Crippen LogP contribution >= 0.6 is 0 Å². The highest BCUT2D eigenvalue weighted by atomic mass is 32.2. The van der Waals surface area contributed by atoms with Gasteiger partial charge in [-0.1, -0.05) is 33.1 Å². The van der Waals surface area contributed by atoms with Crippen molar-refractivity contribution in [1.82, 2.24) is 24.4 Å². The number of hydrogen-bond acceptors (Lipinski definition) is 9. The molecule has 0 bridgehead atoms. The van der Waals surface area contributed by atoms with Crippen molar-refractivity contribution in [2.45, 2.75) is 139 Å². The Balaban J connectivity index is 1.80. The predicted molar refractivity (Wildman–Crippen MR) is 186 cm³/mol. The van der Waals surface area contributed by atoms with Crippen LogP contribution in [0, 0.1) is 17.8 Å². The summed E-state index contributed by atoms with van der Waals surface area (Å²) in [6, 6.07) is -0.740. The lowest BCUT2D eigenvalue weighted by atomic mass is 9.79. The van der Waals surface area contributed by atoms with Crippen LogP contribution in [0.3, 0.4) is 0 Å². The smallest absolute Gasteiger partial charge is 0.227 e. The number of likely N-dealkylation sites (N-methyl/N-ethyl adjacent to an activating group) is 1. The maximum atomic E-state index is 14.0. The molecule has 3 rings (SSSR count). The molecule has 0 aromatic carbocycles. The van der Waals surface area contributed by atoms with Crippen molar-refractivity contribution in [2.75, 3.05) is 40.8 Å². The van der Waals surface area contributed by atoms with Gasteiger partial charge < -0.3 is 20.4 Å². The Hall–Kier alpha value is -1.36. The number of aliphatic hydroxyl groups is 2. The summed E-state index contributed by atoms with van der Waals surface area (Å²) in [5, 5.41) is 24.6. The zero-order valence-corrected chi connectivity index (χ0v) is 31.5. The van der Waals surface area contributed by atoms with E-state index in [9.17, 15) is 36.6 Å². The Morgan fingerprint density at radius 1 is 0.812 bits per heavy atom. The van der Waals surface area contributed by atoms with Crippen LogP contribution in [-0.2, 0) is 29.6 Å². The minimum atomic E-state index is -3.76. The SMILES string of the molecule is CCCN(CCC)C(=O)C1CC(C(=O)NC(CC2CCC(O)CC2)C(O)CN(C)NS(=O)(=O)C2CCCCC2)CC(S(=O)(=O)N(C)C)C1. The Morgan fingerprint density at radius 3 is 1.96 bits per heavy atom. The third-order valence-corrected chi connectivity index (χ3v) is 14.7. The molecule has 5 atom stereocenters. The number of carbonyl (C=O) groups excluding carboxylic acids is 2. The molecular weight excluding hydrogens is 659 g/mol. The maximum absolute atomic E-state index is 14.0. The average Bonchev–Trinajstić information content (AvgIpc) is 3.04. The van der Waals surface area contributed by atoms with Gasteiger partial charge in [-0.05, 0) is 83.0 Å². The van der Waals surface area contributed by atoms with E-state index in [1.807, 2.05) is 13.8 Å². The Labute approximate surface area is 289 Å². The molecular formula is C33H63N5O8S2. The number of carbonyl (C=O) groups is 2. The summed E-state index contributed by atoms with van der Waals surface area (Å²) in [6.45, 7) is 5.03. The molecule has 3 fully saturated rings. The first-order valence-corrected chi connectivity index (χ1v) is 21.2. The number of amides is 2. The Morgan fingerprint density at radius 2 is 1.40 bits per heavy atom. The summed E-state index contributed by atoms with van der Waals surface area (Å²) in [4.78, 5) is 32.1. The molecule has 0 spiro atoms. The van der Waals surface area contributed by atoms with Crippen LogP contribution in [0.1, 0.15) is 110 Å². The highest BCUT2D eigenvalue weighted by Gasteiger charge is 2.44. The molecule has 5 unspecified atom stereocenters. The molecule has 15 heteroatoms. The highest BCUT2D eigenvalue weighted by molar-refractivity contribution is 7.90. The van der Waals surface area contributed by atoms with Crippen LogP contribution in [0.25, 0.3) is 0 Å². The fourth-order valence-electron chi connectivity index (χ4n) is 7.82. The van der Waals surface area contributed by atoms with E-state index in [1.54, 1.807) is 11.9 Å². The van der Waals surface area contributed by atoms with E-state index in [4.69, 9.17) is 0 Å². The lowest BCUT2D eigenvalue weighted by Crippen LogP contribution is -2.55. The third-order valence-electron chi connectivity index (χ3n) is 10.5. The van der Waals surface area contributed by atoms with E-state index in [0.29, 0.717) is 45.2 Å². The van der Waals surface area contributed by atoms with Gasteiger partial charge in [0.15, 0.2) is 0 Å². The van der Waals surface area contributed by atoms with Gasteiger partial charge in [-0.3, -0.25) is 9.59 Å². The fraction of sp³-hybridized carbons (Fsp3) is 0.939. The van der Waals surface area contributed by atoms with Crippen molar-refractivity contribution in [3.05, 3.63) is 0 Å². The number of sulfonamides is 2. The molecule has 0 aromatic rings. The Bertz CT molecular complexity index is 1230. The molecule has 3 aliphatic carbocycles. The fourth-order valence-corrected chi connectivity index (χ4v) is 11.0. The molecule has 3 saturated carbocycles. The predicted octanol–water partition coefficient (Wildman–Crippen LogP) is 2.20. The van der Waals surface area contributed by atoms with E-state index in [1.165, 1.54) is 19.1 Å². The monoisotopic (exact) mass is 721 g/mol. The lowest BCUT2D eigenvalue weighted by molar-refractivity contribution is -0.138. The summed E-state index contributed by atoms with van der Waals surface area (Å²) in [7, 11) is -2.91. The zero-order valence-electron chi connectivity index (χ0n) is 29.8. The van der Waals surface area contributed by atoms with Gasteiger partial charge in [-0.2, -0.15) is 0 Å². The topological polar surface area (TPSA) is 177 Å². The first-order chi connectivity index (χ1) is 22.6. The molecule has 0 saturated heterocycles. The van der Waals surface area contributed by atoms with Gasteiger partial charge in [-0.25, -0.2) is 26.1 Å². The van der Waals surface area contributed by atoms with E-state index in [2.05, 4.69) is 10.1 Å². The van der Waals surface area contributed by atoms with Crippen LogP contribution in [0.5, 0.6) is 0 Å². The van der Waals surface area contributed by atoms with Gasteiger partial charge in [0.25, 0.3) is 0 Å². The molecule has 4 N–H and O–H groups in total. The molecule has 48 heavy (non-hydrogen) atoms. The molecule has 0 radical (unpaired) electrons. The quantitative estimate of drug-likeness (QED) is 0.164. The summed E-state index contributed by atoms with van der Waals surface area (Å²) in [5.41, 5.74) is 0. The van der Waals surface area contributed by atoms with Crippen LogP contribution < -0.4 is 10.1 Å². The zero-order chi connectivity index (χ0) is 35.6. The van der Waals surface area contributed by atoms with E-state index in [0.717, 1.165) is 49.3 Å².